The lowest BCUT2D eigenvalue weighted by Crippen LogP contribution is -2.22. The highest BCUT2D eigenvalue weighted by Crippen LogP contribution is 2.52. The van der Waals surface area contributed by atoms with Crippen LogP contribution in [-0.2, 0) is 11.8 Å². The Labute approximate surface area is 363 Å². The molecule has 0 saturated heterocycles. The number of aliphatic imine (C=N–C) groups is 1. The molecule has 0 aliphatic heterocycles. The number of fused-ring (bicyclic) bond motifs is 7. The number of rotatable bonds is 8. The van der Waals surface area contributed by atoms with Crippen molar-refractivity contribution in [3.05, 3.63) is 258 Å². The maximum atomic E-state index is 6.78. The highest BCUT2D eigenvalue weighted by molar-refractivity contribution is 6.27. The monoisotopic (exact) mass is 792 g/mol. The Balaban J connectivity index is 1.04. The molecule has 0 aromatic heterocycles. The molecule has 0 bridgehead atoms. The van der Waals surface area contributed by atoms with Gasteiger partial charge >= 0.3 is 0 Å². The van der Waals surface area contributed by atoms with Crippen LogP contribution in [0.25, 0.3) is 71.4 Å². The predicted octanol–water partition coefficient (Wildman–Crippen LogP) is 14.8. The van der Waals surface area contributed by atoms with E-state index in [9.17, 15) is 0 Å². The van der Waals surface area contributed by atoms with Gasteiger partial charge in [-0.1, -0.05) is 224 Å². The summed E-state index contributed by atoms with van der Waals surface area (Å²) < 4.78 is 0. The van der Waals surface area contributed by atoms with Gasteiger partial charge in [0.1, 0.15) is 5.84 Å². The number of nitrogens with zero attached hydrogens (tertiary/aromatic N) is 1. The van der Waals surface area contributed by atoms with Gasteiger partial charge in [0.15, 0.2) is 0 Å². The molecule has 1 aliphatic carbocycles. The minimum absolute atomic E-state index is 0.228. The maximum Gasteiger partial charge on any atom is 0.131 e. The van der Waals surface area contributed by atoms with Crippen molar-refractivity contribution in [1.29, 1.82) is 0 Å². The number of amidine groups is 1. The Morgan fingerprint density at radius 3 is 1.84 bits per heavy atom. The molecule has 1 aliphatic rings. The first-order valence-corrected chi connectivity index (χ1v) is 21.5. The van der Waals surface area contributed by atoms with E-state index in [-0.39, 0.29) is 5.41 Å². The minimum Gasteiger partial charge on any atom is -0.383 e. The average molecular weight is 793 g/mol. The summed E-state index contributed by atoms with van der Waals surface area (Å²) in [6.45, 7) is 2.36. The second kappa shape index (κ2) is 15.3. The van der Waals surface area contributed by atoms with E-state index in [4.69, 9.17) is 10.7 Å². The van der Waals surface area contributed by atoms with Gasteiger partial charge in [0, 0.05) is 11.0 Å². The Morgan fingerprint density at radius 2 is 1.08 bits per heavy atom. The van der Waals surface area contributed by atoms with Crippen LogP contribution in [0.2, 0.25) is 0 Å². The van der Waals surface area contributed by atoms with Crippen LogP contribution < -0.4 is 5.73 Å². The van der Waals surface area contributed by atoms with Crippen LogP contribution in [0.4, 0.5) is 0 Å². The van der Waals surface area contributed by atoms with Crippen molar-refractivity contribution >= 4 is 43.9 Å². The van der Waals surface area contributed by atoms with Crippen LogP contribution in [0.1, 0.15) is 40.3 Å². The maximum absolute atomic E-state index is 6.78. The Kier molecular flexibility index (Phi) is 9.20. The molecule has 0 fully saturated rings. The van der Waals surface area contributed by atoms with Crippen molar-refractivity contribution < 1.29 is 0 Å². The lowest BCUT2D eigenvalue weighted by atomic mass is 9.74. The van der Waals surface area contributed by atoms with Crippen LogP contribution in [0.15, 0.2) is 229 Å². The molecule has 10 aromatic rings. The summed E-state index contributed by atoms with van der Waals surface area (Å²) in [5.41, 5.74) is 22.0. The van der Waals surface area contributed by atoms with Crippen LogP contribution in [-0.4, -0.2) is 5.84 Å². The summed E-state index contributed by atoms with van der Waals surface area (Å²) in [5, 5.41) is 7.44. The molecular formula is C60H44N2. The zero-order valence-corrected chi connectivity index (χ0v) is 34.6. The Morgan fingerprint density at radius 1 is 0.484 bits per heavy atom. The number of allylic oxidation sites excluding steroid dienone is 1. The van der Waals surface area contributed by atoms with E-state index < -0.39 is 0 Å². The number of hydrogen-bond acceptors (Lipinski definition) is 1. The van der Waals surface area contributed by atoms with Crippen molar-refractivity contribution in [2.75, 3.05) is 0 Å². The molecule has 1 atom stereocenters. The van der Waals surface area contributed by atoms with E-state index in [2.05, 4.69) is 201 Å². The lowest BCUT2D eigenvalue weighted by molar-refractivity contribution is 0.713. The molecule has 11 rings (SSSR count). The molecule has 0 radical (unpaired) electrons. The van der Waals surface area contributed by atoms with E-state index >= 15 is 0 Å². The van der Waals surface area contributed by atoms with Gasteiger partial charge in [-0.3, -0.25) is 0 Å². The highest BCUT2D eigenvalue weighted by atomic mass is 14.9. The summed E-state index contributed by atoms with van der Waals surface area (Å²) in [5.74, 6) is 0.488. The third-order valence-corrected chi connectivity index (χ3v) is 13.0. The van der Waals surface area contributed by atoms with Crippen molar-refractivity contribution in [3.8, 4) is 33.4 Å². The summed E-state index contributed by atoms with van der Waals surface area (Å²) in [7, 11) is 0. The van der Waals surface area contributed by atoms with Crippen molar-refractivity contribution in [2.45, 2.75) is 18.8 Å². The first-order valence-electron chi connectivity index (χ1n) is 21.5. The SMILES string of the molecule is CC1(c2ccccc2)c2ccccc2-c2cc(C/C=C(\N=C(N)c3ccccc3)c3ccc(-c4c5ccccc5c(-c5ccccc5)c5ccc6ccccc6c45)cc3)ccc21. The zero-order valence-electron chi connectivity index (χ0n) is 34.6. The highest BCUT2D eigenvalue weighted by Gasteiger charge is 2.40. The van der Waals surface area contributed by atoms with Gasteiger partial charge in [-0.25, -0.2) is 4.99 Å². The molecule has 0 saturated carbocycles. The predicted molar refractivity (Wildman–Crippen MR) is 263 cm³/mol. The fraction of sp³-hybridized carbons (Fsp3) is 0.0500. The average Bonchev–Trinajstić information content (AvgIpc) is 3.60. The topological polar surface area (TPSA) is 38.4 Å². The third-order valence-electron chi connectivity index (χ3n) is 13.0. The number of nitrogens with two attached hydrogens (primary N) is 1. The molecule has 10 aromatic carbocycles. The van der Waals surface area contributed by atoms with Crippen molar-refractivity contribution in [2.24, 2.45) is 10.7 Å². The van der Waals surface area contributed by atoms with E-state index in [0.717, 1.165) is 22.4 Å². The second-order valence-electron chi connectivity index (χ2n) is 16.5. The van der Waals surface area contributed by atoms with Crippen LogP contribution in [0.3, 0.4) is 0 Å². The summed E-state index contributed by atoms with van der Waals surface area (Å²) in [6.07, 6.45) is 2.93. The summed E-state index contributed by atoms with van der Waals surface area (Å²) >= 11 is 0. The molecule has 2 nitrogen and oxygen atoms in total. The second-order valence-corrected chi connectivity index (χ2v) is 16.5. The van der Waals surface area contributed by atoms with Gasteiger partial charge in [0.25, 0.3) is 0 Å². The molecule has 294 valence electrons. The quantitative estimate of drug-likeness (QED) is 0.0708. The third kappa shape index (κ3) is 6.23. The lowest BCUT2D eigenvalue weighted by Gasteiger charge is -2.28. The van der Waals surface area contributed by atoms with Crippen molar-refractivity contribution in [1.82, 2.24) is 0 Å². The van der Waals surface area contributed by atoms with Crippen LogP contribution in [0, 0.1) is 0 Å². The fourth-order valence-electron chi connectivity index (χ4n) is 9.98. The smallest absolute Gasteiger partial charge is 0.131 e. The number of benzene rings is 10. The van der Waals surface area contributed by atoms with Crippen molar-refractivity contribution in [3.63, 3.8) is 0 Å². The van der Waals surface area contributed by atoms with Gasteiger partial charge in [-0.15, -0.1) is 0 Å². The molecule has 0 spiro atoms. The van der Waals surface area contributed by atoms with Gasteiger partial charge in [-0.2, -0.15) is 0 Å². The molecular weight excluding hydrogens is 749 g/mol. The molecule has 2 N–H and O–H groups in total. The number of hydrogen-bond donors (Lipinski definition) is 1. The molecule has 0 amide bonds. The Hall–Kier alpha value is -7.81. The zero-order chi connectivity index (χ0) is 41.6. The van der Waals surface area contributed by atoms with Gasteiger partial charge in [0.2, 0.25) is 0 Å². The fourth-order valence-corrected chi connectivity index (χ4v) is 9.98. The van der Waals surface area contributed by atoms with Gasteiger partial charge in [0.05, 0.1) is 5.70 Å². The first-order chi connectivity index (χ1) is 30.6. The van der Waals surface area contributed by atoms with Gasteiger partial charge < -0.3 is 5.73 Å². The molecule has 62 heavy (non-hydrogen) atoms. The van der Waals surface area contributed by atoms with E-state index in [1.54, 1.807) is 0 Å². The van der Waals surface area contributed by atoms with Gasteiger partial charge in [-0.05, 0) is 107 Å². The standard InChI is InChI=1S/C60H44N2/c1-60(46-22-9-4-10-23-46)53-28-16-15-25-48(53)52-39-40(29-37-54(52)60)30-38-55(62-59(61)45-20-7-3-8-21-45)42-31-33-44(34-32-42)57-50-27-14-13-26-49(50)56(43-18-5-2-6-19-43)51-36-35-41-17-11-12-24-47(41)58(51)57/h2-29,31-39H,30H2,1H3,(H2,61,62)/b55-38-. The largest absolute Gasteiger partial charge is 0.383 e. The Bertz CT molecular complexity index is 3360. The minimum atomic E-state index is -0.228. The molecule has 1 unspecified atom stereocenters. The summed E-state index contributed by atoms with van der Waals surface area (Å²) in [4.78, 5) is 5.15. The first kappa shape index (κ1) is 37.2. The molecule has 0 heterocycles. The van der Waals surface area contributed by atoms with Crippen LogP contribution in [0.5, 0.6) is 0 Å². The normalized spacial score (nSPS) is 14.9. The van der Waals surface area contributed by atoms with E-state index in [1.807, 2.05) is 30.3 Å². The molecule has 2 heteroatoms. The van der Waals surface area contributed by atoms with Crippen LogP contribution >= 0.6 is 0 Å². The summed E-state index contributed by atoms with van der Waals surface area (Å²) in [6, 6.07) is 78.7. The van der Waals surface area contributed by atoms with E-state index in [0.29, 0.717) is 12.3 Å². The van der Waals surface area contributed by atoms with E-state index in [1.165, 1.54) is 82.4 Å².